The summed E-state index contributed by atoms with van der Waals surface area (Å²) in [5.74, 6) is 0.381. The molecule has 4 heteroatoms. The van der Waals surface area contributed by atoms with Crippen LogP contribution in [0.1, 0.15) is 17.5 Å². The Hall–Kier alpha value is -1.26. The quantitative estimate of drug-likeness (QED) is 0.665. The molecule has 3 rings (SSSR count). The number of nitrogens with two attached hydrogens (primary N) is 1. The first-order valence-electron chi connectivity index (χ1n) is 6.17. The van der Waals surface area contributed by atoms with E-state index in [1.807, 2.05) is 0 Å². The first kappa shape index (κ1) is 10.9. The summed E-state index contributed by atoms with van der Waals surface area (Å²) in [6, 6.07) is 3.93. The molecule has 0 aromatic heterocycles. The molecule has 1 heterocycles. The van der Waals surface area contributed by atoms with Crippen LogP contribution in [-0.4, -0.2) is 40.3 Å². The largest absolute Gasteiger partial charge is 0.508 e. The van der Waals surface area contributed by atoms with Crippen LogP contribution in [0.4, 0.5) is 0 Å². The summed E-state index contributed by atoms with van der Waals surface area (Å²) >= 11 is 0. The van der Waals surface area contributed by atoms with Crippen molar-refractivity contribution in [3.8, 4) is 11.5 Å². The van der Waals surface area contributed by atoms with Crippen LogP contribution in [0.25, 0.3) is 0 Å². The average molecular weight is 234 g/mol. The van der Waals surface area contributed by atoms with E-state index in [2.05, 4.69) is 4.90 Å². The van der Waals surface area contributed by atoms with E-state index in [-0.39, 0.29) is 11.5 Å². The lowest BCUT2D eigenvalue weighted by molar-refractivity contribution is 0.246. The number of likely N-dealkylation sites (tertiary alicyclic amines) is 1. The number of hydrogen-bond acceptors (Lipinski definition) is 4. The Kier molecular flexibility index (Phi) is 2.49. The van der Waals surface area contributed by atoms with Gasteiger partial charge in [0.15, 0.2) is 0 Å². The van der Waals surface area contributed by atoms with Crippen molar-refractivity contribution in [3.63, 3.8) is 0 Å². The lowest BCUT2D eigenvalue weighted by atomic mass is 10.1. The Morgan fingerprint density at radius 2 is 2.06 bits per heavy atom. The molecule has 4 N–H and O–H groups in total. The van der Waals surface area contributed by atoms with Crippen LogP contribution in [0.15, 0.2) is 12.1 Å². The van der Waals surface area contributed by atoms with Crippen LogP contribution < -0.4 is 5.73 Å². The van der Waals surface area contributed by atoms with Crippen LogP contribution in [0, 0.1) is 0 Å². The third-order valence-corrected chi connectivity index (χ3v) is 3.97. The van der Waals surface area contributed by atoms with Gasteiger partial charge in [-0.15, -0.1) is 0 Å². The molecule has 0 amide bonds. The molecule has 4 nitrogen and oxygen atoms in total. The van der Waals surface area contributed by atoms with E-state index in [1.54, 1.807) is 6.07 Å². The molecule has 2 atom stereocenters. The van der Waals surface area contributed by atoms with Gasteiger partial charge in [-0.1, -0.05) is 0 Å². The van der Waals surface area contributed by atoms with E-state index in [1.165, 1.54) is 6.07 Å². The van der Waals surface area contributed by atoms with Gasteiger partial charge in [0.1, 0.15) is 11.5 Å². The number of nitrogens with zero attached hydrogens (tertiary/aromatic N) is 1. The second-order valence-corrected chi connectivity index (χ2v) is 5.21. The van der Waals surface area contributed by atoms with Gasteiger partial charge in [0, 0.05) is 31.2 Å². The summed E-state index contributed by atoms with van der Waals surface area (Å²) < 4.78 is 0. The van der Waals surface area contributed by atoms with Crippen LogP contribution in [0.3, 0.4) is 0 Å². The van der Waals surface area contributed by atoms with Gasteiger partial charge in [0.05, 0.1) is 0 Å². The highest BCUT2D eigenvalue weighted by molar-refractivity contribution is 5.48. The number of aromatic hydroxyl groups is 2. The van der Waals surface area contributed by atoms with Gasteiger partial charge in [-0.3, -0.25) is 4.90 Å². The van der Waals surface area contributed by atoms with Crippen molar-refractivity contribution in [2.24, 2.45) is 5.73 Å². The van der Waals surface area contributed by atoms with Crippen LogP contribution in [0.5, 0.6) is 11.5 Å². The van der Waals surface area contributed by atoms with Gasteiger partial charge in [0.25, 0.3) is 0 Å². The summed E-state index contributed by atoms with van der Waals surface area (Å²) in [6.45, 7) is 2.00. The third kappa shape index (κ3) is 1.87. The Morgan fingerprint density at radius 1 is 1.24 bits per heavy atom. The summed E-state index contributed by atoms with van der Waals surface area (Å²) in [6.07, 6.45) is 2.84. The first-order chi connectivity index (χ1) is 8.13. The molecule has 17 heavy (non-hydrogen) atoms. The SMILES string of the molecule is NC1CCN(C2Cc3cc(O)cc(O)c3C2)C1. The molecule has 0 radical (unpaired) electrons. The maximum atomic E-state index is 9.82. The van der Waals surface area contributed by atoms with Crippen molar-refractivity contribution >= 4 is 0 Å². The molecule has 1 saturated heterocycles. The predicted molar refractivity (Wildman–Crippen MR) is 65.1 cm³/mol. The summed E-state index contributed by atoms with van der Waals surface area (Å²) in [7, 11) is 0. The van der Waals surface area contributed by atoms with E-state index in [0.717, 1.165) is 43.5 Å². The lowest BCUT2D eigenvalue weighted by Crippen LogP contribution is -2.36. The highest BCUT2D eigenvalue weighted by Crippen LogP contribution is 2.36. The van der Waals surface area contributed by atoms with Crippen molar-refractivity contribution in [2.45, 2.75) is 31.3 Å². The van der Waals surface area contributed by atoms with Crippen molar-refractivity contribution < 1.29 is 10.2 Å². The summed E-state index contributed by atoms with van der Waals surface area (Å²) in [4.78, 5) is 2.40. The highest BCUT2D eigenvalue weighted by atomic mass is 16.3. The molecule has 2 unspecified atom stereocenters. The van der Waals surface area contributed by atoms with Crippen LogP contribution in [0.2, 0.25) is 0 Å². The zero-order valence-corrected chi connectivity index (χ0v) is 9.76. The van der Waals surface area contributed by atoms with Crippen molar-refractivity contribution in [3.05, 3.63) is 23.3 Å². The summed E-state index contributed by atoms with van der Waals surface area (Å²) in [5.41, 5.74) is 7.99. The Labute approximate surface area is 101 Å². The fourth-order valence-corrected chi connectivity index (χ4v) is 3.08. The zero-order valence-electron chi connectivity index (χ0n) is 9.76. The van der Waals surface area contributed by atoms with E-state index < -0.39 is 0 Å². The molecule has 0 bridgehead atoms. The minimum Gasteiger partial charge on any atom is -0.508 e. The normalized spacial score (nSPS) is 28.5. The number of fused-ring (bicyclic) bond motifs is 1. The number of phenolic OH excluding ortho intramolecular Hbond substituents is 2. The third-order valence-electron chi connectivity index (χ3n) is 3.97. The zero-order chi connectivity index (χ0) is 12.0. The van der Waals surface area contributed by atoms with Crippen molar-refractivity contribution in [1.29, 1.82) is 0 Å². The van der Waals surface area contributed by atoms with Gasteiger partial charge in [0.2, 0.25) is 0 Å². The first-order valence-corrected chi connectivity index (χ1v) is 6.17. The fraction of sp³-hybridized carbons (Fsp3) is 0.538. The van der Waals surface area contributed by atoms with Gasteiger partial charge < -0.3 is 15.9 Å². The Morgan fingerprint density at radius 3 is 2.76 bits per heavy atom. The molecule has 1 fully saturated rings. The number of rotatable bonds is 1. The molecule has 1 aliphatic heterocycles. The van der Waals surface area contributed by atoms with Crippen LogP contribution >= 0.6 is 0 Å². The van der Waals surface area contributed by atoms with E-state index in [0.29, 0.717) is 12.1 Å². The molecule has 2 aliphatic rings. The molecule has 0 saturated carbocycles. The predicted octanol–water partition coefficient (Wildman–Crippen LogP) is 0.598. The molecular weight excluding hydrogens is 216 g/mol. The maximum absolute atomic E-state index is 9.82. The van der Waals surface area contributed by atoms with E-state index in [9.17, 15) is 10.2 Å². The molecule has 0 spiro atoms. The minimum atomic E-state index is 0.153. The van der Waals surface area contributed by atoms with Crippen molar-refractivity contribution in [1.82, 2.24) is 4.90 Å². The smallest absolute Gasteiger partial charge is 0.122 e. The molecule has 1 aromatic rings. The van der Waals surface area contributed by atoms with Gasteiger partial charge in [-0.2, -0.15) is 0 Å². The average Bonchev–Trinajstić information content (AvgIpc) is 2.83. The Balaban J connectivity index is 1.81. The standard InChI is InChI=1S/C13H18N2O2/c14-9-1-2-15(7-9)10-3-8-4-11(16)6-13(17)12(8)5-10/h4,6,9-10,16-17H,1-3,5,7,14H2. The topological polar surface area (TPSA) is 69.7 Å². The minimum absolute atomic E-state index is 0.153. The van der Waals surface area contributed by atoms with E-state index >= 15 is 0 Å². The maximum Gasteiger partial charge on any atom is 0.122 e. The molecule has 1 aromatic carbocycles. The molecular formula is C13H18N2O2. The monoisotopic (exact) mass is 234 g/mol. The number of benzene rings is 1. The lowest BCUT2D eigenvalue weighted by Gasteiger charge is -2.22. The molecule has 92 valence electrons. The molecule has 1 aliphatic carbocycles. The Bertz CT molecular complexity index is 447. The second kappa shape index (κ2) is 3.89. The number of phenols is 2. The number of hydrogen-bond donors (Lipinski definition) is 3. The van der Waals surface area contributed by atoms with Gasteiger partial charge >= 0.3 is 0 Å². The fourth-order valence-electron chi connectivity index (χ4n) is 3.08. The van der Waals surface area contributed by atoms with E-state index in [4.69, 9.17) is 5.73 Å². The highest BCUT2D eigenvalue weighted by Gasteiger charge is 2.32. The van der Waals surface area contributed by atoms with Gasteiger partial charge in [-0.25, -0.2) is 0 Å². The van der Waals surface area contributed by atoms with Crippen LogP contribution in [-0.2, 0) is 12.8 Å². The van der Waals surface area contributed by atoms with Crippen molar-refractivity contribution in [2.75, 3.05) is 13.1 Å². The summed E-state index contributed by atoms with van der Waals surface area (Å²) in [5, 5.41) is 19.3. The second-order valence-electron chi connectivity index (χ2n) is 5.21. The van der Waals surface area contributed by atoms with Gasteiger partial charge in [-0.05, 0) is 36.5 Å².